The largest absolute Gasteiger partial charge is 0.365 e. The van der Waals surface area contributed by atoms with Crippen LogP contribution in [0.4, 0.5) is 17.3 Å². The number of carbonyl (C=O) groups excluding carboxylic acids is 1. The fraction of sp³-hybridized carbons (Fsp3) is 0.0500. The van der Waals surface area contributed by atoms with Gasteiger partial charge >= 0.3 is 0 Å². The first-order chi connectivity index (χ1) is 13.5. The number of hydrogen-bond donors (Lipinski definition) is 4. The molecule has 0 spiro atoms. The van der Waals surface area contributed by atoms with E-state index >= 15 is 0 Å². The number of nitrogens with one attached hydrogen (secondary N) is 3. The zero-order valence-corrected chi connectivity index (χ0v) is 15.7. The molecule has 4 aromatic rings. The van der Waals surface area contributed by atoms with Gasteiger partial charge in [0.1, 0.15) is 5.56 Å². The Hall–Kier alpha value is -3.58. The number of carbonyl (C=O) groups is 1. The monoisotopic (exact) mass is 392 g/mol. The van der Waals surface area contributed by atoms with E-state index in [1.165, 1.54) is 0 Å². The number of aliphatic imine (C=N–C) groups is 1. The fourth-order valence-corrected chi connectivity index (χ4v) is 3.24. The summed E-state index contributed by atoms with van der Waals surface area (Å²) in [5.41, 5.74) is 9.35. The molecule has 2 aromatic heterocycles. The number of aromatic nitrogens is 3. The second kappa shape index (κ2) is 7.21. The van der Waals surface area contributed by atoms with E-state index in [4.69, 9.17) is 17.3 Å². The van der Waals surface area contributed by atoms with Gasteiger partial charge in [-0.3, -0.25) is 9.89 Å². The van der Waals surface area contributed by atoms with Crippen LogP contribution in [0.25, 0.3) is 10.9 Å². The molecular weight excluding hydrogens is 376 g/mol. The number of aromatic amines is 2. The molecule has 0 saturated heterocycles. The van der Waals surface area contributed by atoms with Crippen LogP contribution in [0.5, 0.6) is 0 Å². The Bertz CT molecular complexity index is 1210. The Morgan fingerprint density at radius 1 is 1.25 bits per heavy atom. The van der Waals surface area contributed by atoms with Gasteiger partial charge in [-0.05, 0) is 31.2 Å². The van der Waals surface area contributed by atoms with Gasteiger partial charge in [0.25, 0.3) is 5.91 Å². The quantitative estimate of drug-likeness (QED) is 0.376. The number of H-pyrrole nitrogens is 2. The van der Waals surface area contributed by atoms with Gasteiger partial charge in [-0.1, -0.05) is 35.9 Å². The molecular formula is C20H17ClN6O. The molecule has 140 valence electrons. The van der Waals surface area contributed by atoms with Gasteiger partial charge in [-0.25, -0.2) is 4.99 Å². The van der Waals surface area contributed by atoms with Gasteiger partial charge in [-0.2, -0.15) is 5.10 Å². The van der Waals surface area contributed by atoms with E-state index in [1.807, 2.05) is 37.3 Å². The molecule has 5 N–H and O–H groups in total. The SMILES string of the molecule is Cc1[nH]c2ccccc2c1/C=N/c1[nH]nc(Nc2cccc(Cl)c2)c1C(N)=O. The number of nitrogens with two attached hydrogens (primary N) is 1. The summed E-state index contributed by atoms with van der Waals surface area (Å²) < 4.78 is 0. The lowest BCUT2D eigenvalue weighted by molar-refractivity contribution is 0.100. The highest BCUT2D eigenvalue weighted by Gasteiger charge is 2.18. The zero-order chi connectivity index (χ0) is 19.7. The van der Waals surface area contributed by atoms with E-state index in [-0.39, 0.29) is 17.2 Å². The summed E-state index contributed by atoms with van der Waals surface area (Å²) in [6.45, 7) is 1.97. The molecule has 7 nitrogen and oxygen atoms in total. The average Bonchev–Trinajstić information content (AvgIpc) is 3.20. The number of amides is 1. The van der Waals surface area contributed by atoms with Gasteiger partial charge in [0, 0.05) is 39.1 Å². The van der Waals surface area contributed by atoms with Crippen LogP contribution in [0.15, 0.2) is 53.5 Å². The van der Waals surface area contributed by atoms with E-state index in [0.29, 0.717) is 10.7 Å². The van der Waals surface area contributed by atoms with Crippen LogP contribution < -0.4 is 11.1 Å². The minimum absolute atomic E-state index is 0.175. The average molecular weight is 393 g/mol. The molecule has 0 radical (unpaired) electrons. The van der Waals surface area contributed by atoms with Crippen molar-refractivity contribution >= 4 is 51.9 Å². The summed E-state index contributed by atoms with van der Waals surface area (Å²) in [7, 11) is 0. The van der Waals surface area contributed by atoms with Crippen LogP contribution in [0.3, 0.4) is 0 Å². The lowest BCUT2D eigenvalue weighted by Gasteiger charge is -2.04. The third kappa shape index (κ3) is 3.35. The Morgan fingerprint density at radius 3 is 2.86 bits per heavy atom. The van der Waals surface area contributed by atoms with E-state index < -0.39 is 5.91 Å². The Labute approximate surface area is 165 Å². The Morgan fingerprint density at radius 2 is 2.07 bits per heavy atom. The van der Waals surface area contributed by atoms with Crippen molar-refractivity contribution in [3.05, 3.63) is 70.4 Å². The van der Waals surface area contributed by atoms with Crippen molar-refractivity contribution in [3.63, 3.8) is 0 Å². The number of nitrogens with zero attached hydrogens (tertiary/aromatic N) is 2. The number of hydrogen-bond acceptors (Lipinski definition) is 4. The van der Waals surface area contributed by atoms with Crippen molar-refractivity contribution < 1.29 is 4.79 Å². The number of anilines is 2. The highest BCUT2D eigenvalue weighted by atomic mass is 35.5. The zero-order valence-electron chi connectivity index (χ0n) is 15.0. The van der Waals surface area contributed by atoms with Gasteiger partial charge in [0.15, 0.2) is 11.6 Å². The summed E-state index contributed by atoms with van der Waals surface area (Å²) >= 11 is 6.00. The summed E-state index contributed by atoms with van der Waals surface area (Å²) in [4.78, 5) is 19.8. The van der Waals surface area contributed by atoms with Crippen molar-refractivity contribution in [1.82, 2.24) is 15.2 Å². The van der Waals surface area contributed by atoms with Gasteiger partial charge in [0.05, 0.1) is 0 Å². The molecule has 0 bridgehead atoms. The molecule has 8 heteroatoms. The maximum Gasteiger partial charge on any atom is 0.256 e. The molecule has 0 atom stereocenters. The molecule has 4 rings (SSSR count). The first kappa shape index (κ1) is 17.8. The number of aryl methyl sites for hydroxylation is 1. The lowest BCUT2D eigenvalue weighted by atomic mass is 10.1. The highest BCUT2D eigenvalue weighted by molar-refractivity contribution is 6.30. The maximum atomic E-state index is 12.0. The number of rotatable bonds is 5. The second-order valence-corrected chi connectivity index (χ2v) is 6.70. The van der Waals surface area contributed by atoms with Crippen molar-refractivity contribution in [3.8, 4) is 0 Å². The van der Waals surface area contributed by atoms with Crippen LogP contribution in [0.1, 0.15) is 21.6 Å². The first-order valence-electron chi connectivity index (χ1n) is 8.55. The van der Waals surface area contributed by atoms with Crippen LogP contribution in [0, 0.1) is 6.92 Å². The molecule has 28 heavy (non-hydrogen) atoms. The standard InChI is InChI=1S/C20H17ClN6O/c1-11-15(14-7-2-3-8-16(14)24-11)10-23-19-17(18(22)28)20(27-26-19)25-13-6-4-5-12(21)9-13/h2-10,24H,1H3,(H2,22,28)(H2,25,26,27)/b23-10+. The van der Waals surface area contributed by atoms with Crippen LogP contribution in [-0.4, -0.2) is 27.3 Å². The highest BCUT2D eigenvalue weighted by Crippen LogP contribution is 2.28. The van der Waals surface area contributed by atoms with Gasteiger partial charge < -0.3 is 16.0 Å². The number of benzene rings is 2. The number of para-hydroxylation sites is 1. The number of halogens is 1. The van der Waals surface area contributed by atoms with Crippen molar-refractivity contribution in [1.29, 1.82) is 0 Å². The molecule has 0 aliphatic rings. The van der Waals surface area contributed by atoms with E-state index in [9.17, 15) is 4.79 Å². The third-order valence-electron chi connectivity index (χ3n) is 4.35. The van der Waals surface area contributed by atoms with Crippen LogP contribution in [-0.2, 0) is 0 Å². The van der Waals surface area contributed by atoms with Crippen molar-refractivity contribution in [2.45, 2.75) is 6.92 Å². The predicted molar refractivity (Wildman–Crippen MR) is 112 cm³/mol. The topological polar surface area (TPSA) is 112 Å². The molecule has 0 fully saturated rings. The molecule has 0 saturated carbocycles. The molecule has 2 aromatic carbocycles. The molecule has 2 heterocycles. The maximum absolute atomic E-state index is 12.0. The third-order valence-corrected chi connectivity index (χ3v) is 4.58. The Kier molecular flexibility index (Phi) is 4.58. The second-order valence-electron chi connectivity index (χ2n) is 6.26. The summed E-state index contributed by atoms with van der Waals surface area (Å²) in [5.74, 6) is -0.0691. The minimum Gasteiger partial charge on any atom is -0.365 e. The normalized spacial score (nSPS) is 11.4. The van der Waals surface area contributed by atoms with Gasteiger partial charge in [-0.15, -0.1) is 0 Å². The van der Waals surface area contributed by atoms with Crippen molar-refractivity contribution in [2.24, 2.45) is 10.7 Å². The Balaban J connectivity index is 1.70. The first-order valence-corrected chi connectivity index (χ1v) is 8.93. The fourth-order valence-electron chi connectivity index (χ4n) is 3.05. The number of primary amides is 1. The smallest absolute Gasteiger partial charge is 0.256 e. The summed E-state index contributed by atoms with van der Waals surface area (Å²) in [6.07, 6.45) is 1.69. The van der Waals surface area contributed by atoms with E-state index in [2.05, 4.69) is 25.5 Å². The molecule has 0 unspecified atom stereocenters. The minimum atomic E-state index is -0.638. The van der Waals surface area contributed by atoms with Crippen LogP contribution in [0.2, 0.25) is 5.02 Å². The van der Waals surface area contributed by atoms with E-state index in [1.54, 1.807) is 24.4 Å². The molecule has 0 aliphatic heterocycles. The predicted octanol–water partition coefficient (Wildman–Crippen LogP) is 4.45. The molecule has 1 amide bonds. The van der Waals surface area contributed by atoms with E-state index in [0.717, 1.165) is 22.2 Å². The number of fused-ring (bicyclic) bond motifs is 1. The van der Waals surface area contributed by atoms with Crippen LogP contribution >= 0.6 is 11.6 Å². The summed E-state index contributed by atoms with van der Waals surface area (Å²) in [5, 5.41) is 11.6. The lowest BCUT2D eigenvalue weighted by Crippen LogP contribution is -2.12. The summed E-state index contributed by atoms with van der Waals surface area (Å²) in [6, 6.07) is 15.0. The molecule has 0 aliphatic carbocycles. The van der Waals surface area contributed by atoms with Gasteiger partial charge in [0.2, 0.25) is 0 Å². The van der Waals surface area contributed by atoms with Crippen molar-refractivity contribution in [2.75, 3.05) is 5.32 Å².